The van der Waals surface area contributed by atoms with Crippen LogP contribution in [0.15, 0.2) is 18.3 Å². The average molecular weight is 352 g/mol. The largest absolute Gasteiger partial charge is 0.444 e. The summed E-state index contributed by atoms with van der Waals surface area (Å²) in [4.78, 5) is 31.7. The predicted octanol–water partition coefficient (Wildman–Crippen LogP) is 2.37. The molecule has 1 aromatic rings. The van der Waals surface area contributed by atoms with Crippen molar-refractivity contribution in [2.24, 2.45) is 0 Å². The van der Waals surface area contributed by atoms with Crippen molar-refractivity contribution in [3.05, 3.63) is 18.3 Å². The lowest BCUT2D eigenvalue weighted by molar-refractivity contribution is -0.121. The lowest BCUT2D eigenvalue weighted by atomic mass is 10.0. The molecule has 1 aliphatic rings. The second kappa shape index (κ2) is 7.67. The molecule has 25 heavy (non-hydrogen) atoms. The molecule has 0 aliphatic carbocycles. The minimum atomic E-state index is -0.685. The lowest BCUT2D eigenvalue weighted by Gasteiger charge is -2.38. The maximum absolute atomic E-state index is 12.9. The van der Waals surface area contributed by atoms with E-state index in [0.717, 1.165) is 0 Å². The fourth-order valence-electron chi connectivity index (χ4n) is 2.75. The van der Waals surface area contributed by atoms with Gasteiger partial charge in [0.2, 0.25) is 5.91 Å². The first-order valence-corrected chi connectivity index (χ1v) is 8.29. The fraction of sp³-hybridized carbons (Fsp3) is 0.588. The smallest absolute Gasteiger partial charge is 0.410 e. The third-order valence-corrected chi connectivity index (χ3v) is 3.87. The van der Waals surface area contributed by atoms with E-state index in [1.807, 2.05) is 0 Å². The van der Waals surface area contributed by atoms with Crippen LogP contribution in [0.3, 0.4) is 0 Å². The molecular weight excluding hydrogens is 327 g/mol. The Labute approximate surface area is 146 Å². The SMILES string of the molecule is CC(C)(C)OC(=O)N(CCF)C1CCN(c2ccc(N)nc2)C(=O)C1. The van der Waals surface area contributed by atoms with E-state index in [-0.39, 0.29) is 24.9 Å². The van der Waals surface area contributed by atoms with Gasteiger partial charge in [0, 0.05) is 19.0 Å². The van der Waals surface area contributed by atoms with E-state index < -0.39 is 18.4 Å². The van der Waals surface area contributed by atoms with E-state index in [2.05, 4.69) is 4.98 Å². The number of hydrogen-bond donors (Lipinski definition) is 1. The van der Waals surface area contributed by atoms with Crippen LogP contribution < -0.4 is 10.6 Å². The molecule has 1 aromatic heterocycles. The number of carbonyl (C=O) groups excluding carboxylic acids is 2. The molecular formula is C17H25FN4O3. The summed E-state index contributed by atoms with van der Waals surface area (Å²) < 4.78 is 18.2. The summed E-state index contributed by atoms with van der Waals surface area (Å²) in [6, 6.07) is 2.98. The Kier molecular flexibility index (Phi) is 5.81. The van der Waals surface area contributed by atoms with Crippen molar-refractivity contribution in [1.82, 2.24) is 9.88 Å². The number of nitrogens with two attached hydrogens (primary N) is 1. The second-order valence-electron chi connectivity index (χ2n) is 7.00. The molecule has 138 valence electrons. The third kappa shape index (κ3) is 5.04. The first-order chi connectivity index (χ1) is 11.7. The zero-order valence-corrected chi connectivity index (χ0v) is 14.9. The van der Waals surface area contributed by atoms with Gasteiger partial charge in [0.25, 0.3) is 0 Å². The van der Waals surface area contributed by atoms with Gasteiger partial charge in [-0.25, -0.2) is 14.2 Å². The topological polar surface area (TPSA) is 88.8 Å². The molecule has 0 radical (unpaired) electrons. The number of amides is 2. The summed E-state index contributed by atoms with van der Waals surface area (Å²) in [6.45, 7) is 4.90. The van der Waals surface area contributed by atoms with Crippen molar-refractivity contribution in [3.8, 4) is 0 Å². The highest BCUT2D eigenvalue weighted by Gasteiger charge is 2.34. The van der Waals surface area contributed by atoms with Gasteiger partial charge in [-0.1, -0.05) is 0 Å². The molecule has 2 heterocycles. The standard InChI is InChI=1S/C17H25FN4O3/c1-17(2,3)25-16(24)22(9-7-18)12-6-8-21(15(23)10-12)13-4-5-14(19)20-11-13/h4-5,11-12H,6-10H2,1-3H3,(H2,19,20). The Bertz CT molecular complexity index is 615. The first kappa shape index (κ1) is 19.0. The van der Waals surface area contributed by atoms with Gasteiger partial charge >= 0.3 is 6.09 Å². The van der Waals surface area contributed by atoms with Crippen molar-refractivity contribution < 1.29 is 18.7 Å². The van der Waals surface area contributed by atoms with Crippen LogP contribution in [0.4, 0.5) is 20.7 Å². The Balaban J connectivity index is 2.07. The number of nitrogen functional groups attached to an aromatic ring is 1. The molecule has 0 aromatic carbocycles. The minimum Gasteiger partial charge on any atom is -0.444 e. The van der Waals surface area contributed by atoms with Crippen molar-refractivity contribution in [1.29, 1.82) is 0 Å². The molecule has 0 bridgehead atoms. The highest BCUT2D eigenvalue weighted by Crippen LogP contribution is 2.25. The second-order valence-corrected chi connectivity index (χ2v) is 7.00. The molecule has 2 rings (SSSR count). The normalized spacial score (nSPS) is 18.2. The van der Waals surface area contributed by atoms with Gasteiger partial charge < -0.3 is 20.3 Å². The summed E-state index contributed by atoms with van der Waals surface area (Å²) in [5.41, 5.74) is 5.55. The molecule has 0 spiro atoms. The van der Waals surface area contributed by atoms with Gasteiger partial charge in [-0.2, -0.15) is 0 Å². The molecule has 1 saturated heterocycles. The Hall–Kier alpha value is -2.38. The van der Waals surface area contributed by atoms with Gasteiger partial charge in [-0.15, -0.1) is 0 Å². The van der Waals surface area contributed by atoms with Crippen molar-refractivity contribution in [2.75, 3.05) is 30.4 Å². The highest BCUT2D eigenvalue weighted by molar-refractivity contribution is 5.94. The van der Waals surface area contributed by atoms with Crippen LogP contribution in [0.5, 0.6) is 0 Å². The van der Waals surface area contributed by atoms with Gasteiger partial charge in [-0.3, -0.25) is 4.79 Å². The van der Waals surface area contributed by atoms with Crippen LogP contribution in [-0.2, 0) is 9.53 Å². The van der Waals surface area contributed by atoms with E-state index in [4.69, 9.17) is 10.5 Å². The number of hydrogen-bond acceptors (Lipinski definition) is 5. The maximum Gasteiger partial charge on any atom is 0.410 e. The zero-order valence-electron chi connectivity index (χ0n) is 14.9. The number of anilines is 2. The number of ether oxygens (including phenoxy) is 1. The first-order valence-electron chi connectivity index (χ1n) is 8.29. The number of halogens is 1. The van der Waals surface area contributed by atoms with Gasteiger partial charge in [0.05, 0.1) is 18.4 Å². The van der Waals surface area contributed by atoms with Crippen LogP contribution in [0, 0.1) is 0 Å². The number of piperidine rings is 1. The van der Waals surface area contributed by atoms with Crippen molar-refractivity contribution in [3.63, 3.8) is 0 Å². The monoisotopic (exact) mass is 352 g/mol. The minimum absolute atomic E-state index is 0.0870. The van der Waals surface area contributed by atoms with E-state index >= 15 is 0 Å². The van der Waals surface area contributed by atoms with Crippen LogP contribution in [0.25, 0.3) is 0 Å². The number of rotatable bonds is 4. The lowest BCUT2D eigenvalue weighted by Crippen LogP contribution is -2.51. The van der Waals surface area contributed by atoms with Crippen LogP contribution in [0.2, 0.25) is 0 Å². The van der Waals surface area contributed by atoms with Gasteiger partial charge in [0.1, 0.15) is 18.1 Å². The summed E-state index contributed by atoms with van der Waals surface area (Å²) in [5.74, 6) is 0.236. The Morgan fingerprint density at radius 2 is 2.20 bits per heavy atom. The van der Waals surface area contributed by atoms with E-state index in [1.54, 1.807) is 44.0 Å². The van der Waals surface area contributed by atoms with E-state index in [0.29, 0.717) is 24.5 Å². The number of alkyl halides is 1. The molecule has 1 fully saturated rings. The molecule has 8 heteroatoms. The number of pyridine rings is 1. The molecule has 0 saturated carbocycles. The molecule has 2 N–H and O–H groups in total. The zero-order chi connectivity index (χ0) is 18.6. The summed E-state index contributed by atoms with van der Waals surface area (Å²) >= 11 is 0. The third-order valence-electron chi connectivity index (χ3n) is 3.87. The van der Waals surface area contributed by atoms with Crippen LogP contribution in [-0.4, -0.2) is 53.3 Å². The highest BCUT2D eigenvalue weighted by atomic mass is 19.1. The molecule has 1 aliphatic heterocycles. The van der Waals surface area contributed by atoms with Crippen molar-refractivity contribution in [2.45, 2.75) is 45.3 Å². The van der Waals surface area contributed by atoms with Crippen LogP contribution >= 0.6 is 0 Å². The van der Waals surface area contributed by atoms with Gasteiger partial charge in [-0.05, 0) is 39.3 Å². The molecule has 1 unspecified atom stereocenters. The van der Waals surface area contributed by atoms with E-state index in [9.17, 15) is 14.0 Å². The average Bonchev–Trinajstić information content (AvgIpc) is 2.52. The molecule has 2 amide bonds. The number of nitrogens with zero attached hydrogens (tertiary/aromatic N) is 3. The Morgan fingerprint density at radius 1 is 1.48 bits per heavy atom. The quantitative estimate of drug-likeness (QED) is 0.899. The van der Waals surface area contributed by atoms with Crippen molar-refractivity contribution >= 4 is 23.5 Å². The molecule has 7 nitrogen and oxygen atoms in total. The predicted molar refractivity (Wildman–Crippen MR) is 92.9 cm³/mol. The summed E-state index contributed by atoms with van der Waals surface area (Å²) in [6.07, 6.45) is 1.60. The molecule has 1 atom stereocenters. The maximum atomic E-state index is 12.9. The van der Waals surface area contributed by atoms with Gasteiger partial charge in [0.15, 0.2) is 0 Å². The van der Waals surface area contributed by atoms with Crippen LogP contribution in [0.1, 0.15) is 33.6 Å². The number of aromatic nitrogens is 1. The number of carbonyl (C=O) groups is 2. The summed E-state index contributed by atoms with van der Waals surface area (Å²) in [7, 11) is 0. The Morgan fingerprint density at radius 3 is 2.72 bits per heavy atom. The summed E-state index contributed by atoms with van der Waals surface area (Å²) in [5, 5.41) is 0. The van der Waals surface area contributed by atoms with E-state index in [1.165, 1.54) is 4.90 Å². The fourth-order valence-corrected chi connectivity index (χ4v) is 2.75.